The zero-order valence-corrected chi connectivity index (χ0v) is 11.8. The maximum Gasteiger partial charge on any atom is 0.401 e. The van der Waals surface area contributed by atoms with Gasteiger partial charge in [-0.2, -0.15) is 13.2 Å². The van der Waals surface area contributed by atoms with Crippen LogP contribution in [-0.4, -0.2) is 43.8 Å². The molecule has 21 heavy (non-hydrogen) atoms. The predicted octanol–water partition coefficient (Wildman–Crippen LogP) is 2.53. The zero-order valence-electron chi connectivity index (χ0n) is 11.8. The Morgan fingerprint density at radius 2 is 1.81 bits per heavy atom. The first-order valence-electron chi connectivity index (χ1n) is 6.85. The average Bonchev–Trinajstić information content (AvgIpc) is 2.38. The molecule has 1 fully saturated rings. The molecule has 1 aromatic carbocycles. The number of nitrogens with zero attached hydrogens (tertiary/aromatic N) is 2. The maximum absolute atomic E-state index is 14.1. The van der Waals surface area contributed by atoms with E-state index in [1.807, 2.05) is 0 Å². The first kappa shape index (κ1) is 16.0. The Morgan fingerprint density at radius 3 is 2.29 bits per heavy atom. The molecule has 0 bridgehead atoms. The van der Waals surface area contributed by atoms with E-state index in [0.29, 0.717) is 24.3 Å². The minimum atomic E-state index is -4.19. The Hall–Kier alpha value is -1.34. The number of piperazine rings is 1. The van der Waals surface area contributed by atoms with E-state index in [-0.39, 0.29) is 24.9 Å². The van der Waals surface area contributed by atoms with Crippen molar-refractivity contribution in [1.29, 1.82) is 0 Å². The van der Waals surface area contributed by atoms with Gasteiger partial charge in [-0.1, -0.05) is 6.07 Å². The second-order valence-electron chi connectivity index (χ2n) is 5.38. The van der Waals surface area contributed by atoms with Gasteiger partial charge in [0, 0.05) is 32.2 Å². The van der Waals surface area contributed by atoms with Gasteiger partial charge in [0.15, 0.2) is 0 Å². The van der Waals surface area contributed by atoms with Crippen molar-refractivity contribution in [1.82, 2.24) is 4.90 Å². The lowest BCUT2D eigenvalue weighted by atomic mass is 10.1. The lowest BCUT2D eigenvalue weighted by Gasteiger charge is -2.36. The smallest absolute Gasteiger partial charge is 0.367 e. The molecule has 118 valence electrons. The van der Waals surface area contributed by atoms with Crippen molar-refractivity contribution in [2.24, 2.45) is 5.73 Å². The summed E-state index contributed by atoms with van der Waals surface area (Å²) in [7, 11) is 0. The molecule has 0 saturated carbocycles. The molecule has 2 rings (SSSR count). The number of benzene rings is 1. The van der Waals surface area contributed by atoms with Crippen LogP contribution in [0.4, 0.5) is 23.2 Å². The number of alkyl halides is 3. The largest absolute Gasteiger partial charge is 0.401 e. The fourth-order valence-electron chi connectivity index (χ4n) is 2.46. The van der Waals surface area contributed by atoms with Gasteiger partial charge in [0.05, 0.1) is 12.2 Å². The van der Waals surface area contributed by atoms with Crippen LogP contribution in [0.5, 0.6) is 0 Å². The molecule has 0 amide bonds. The molecule has 1 saturated heterocycles. The minimum absolute atomic E-state index is 0.253. The summed E-state index contributed by atoms with van der Waals surface area (Å²) >= 11 is 0. The van der Waals surface area contributed by atoms with E-state index < -0.39 is 12.7 Å². The lowest BCUT2D eigenvalue weighted by molar-refractivity contribution is -0.146. The van der Waals surface area contributed by atoms with Crippen molar-refractivity contribution in [3.05, 3.63) is 29.6 Å². The Balaban J connectivity index is 1.99. The van der Waals surface area contributed by atoms with Crippen LogP contribution >= 0.6 is 0 Å². The average molecular weight is 305 g/mol. The number of nitrogens with two attached hydrogens (primary N) is 1. The Morgan fingerprint density at radius 1 is 1.19 bits per heavy atom. The second-order valence-corrected chi connectivity index (χ2v) is 5.38. The molecule has 1 atom stereocenters. The number of halogens is 4. The van der Waals surface area contributed by atoms with Crippen LogP contribution in [0.1, 0.15) is 18.5 Å². The third kappa shape index (κ3) is 4.31. The molecule has 1 aromatic rings. The van der Waals surface area contributed by atoms with Crippen molar-refractivity contribution >= 4 is 5.69 Å². The summed E-state index contributed by atoms with van der Waals surface area (Å²) in [5.41, 5.74) is 6.82. The number of hydrogen-bond acceptors (Lipinski definition) is 3. The monoisotopic (exact) mass is 305 g/mol. The molecular weight excluding hydrogens is 286 g/mol. The van der Waals surface area contributed by atoms with E-state index in [2.05, 4.69) is 0 Å². The molecule has 0 aromatic heterocycles. The molecule has 1 heterocycles. The van der Waals surface area contributed by atoms with Gasteiger partial charge in [-0.25, -0.2) is 4.39 Å². The molecule has 1 aliphatic heterocycles. The Bertz CT molecular complexity index is 480. The van der Waals surface area contributed by atoms with Gasteiger partial charge >= 0.3 is 6.18 Å². The van der Waals surface area contributed by atoms with Crippen LogP contribution in [0.3, 0.4) is 0 Å². The lowest BCUT2D eigenvalue weighted by Crippen LogP contribution is -2.49. The first-order valence-corrected chi connectivity index (χ1v) is 6.85. The fourth-order valence-corrected chi connectivity index (χ4v) is 2.46. The molecule has 1 aliphatic rings. The Kier molecular flexibility index (Phi) is 4.73. The molecule has 0 unspecified atom stereocenters. The summed E-state index contributed by atoms with van der Waals surface area (Å²) in [6, 6.07) is 4.54. The molecule has 0 radical (unpaired) electrons. The van der Waals surface area contributed by atoms with E-state index in [4.69, 9.17) is 5.73 Å². The molecule has 2 N–H and O–H groups in total. The van der Waals surface area contributed by atoms with Gasteiger partial charge in [0.25, 0.3) is 0 Å². The highest BCUT2D eigenvalue weighted by Crippen LogP contribution is 2.25. The highest BCUT2D eigenvalue weighted by molar-refractivity contribution is 5.50. The maximum atomic E-state index is 14.1. The van der Waals surface area contributed by atoms with E-state index in [9.17, 15) is 17.6 Å². The third-order valence-corrected chi connectivity index (χ3v) is 3.61. The van der Waals surface area contributed by atoms with Crippen molar-refractivity contribution in [2.45, 2.75) is 19.1 Å². The van der Waals surface area contributed by atoms with Crippen molar-refractivity contribution in [3.63, 3.8) is 0 Å². The van der Waals surface area contributed by atoms with Gasteiger partial charge in [-0.05, 0) is 24.6 Å². The van der Waals surface area contributed by atoms with Gasteiger partial charge in [0.1, 0.15) is 5.82 Å². The standard InChI is InChI=1S/C14H19F4N3/c1-10(19)11-2-3-13(12(15)8-11)21-6-4-20(5-7-21)9-14(16,17)18/h2-3,8,10H,4-7,9,19H2,1H3/t10-/m1/s1. The number of hydrogen-bond donors (Lipinski definition) is 1. The summed E-state index contributed by atoms with van der Waals surface area (Å²) in [6.07, 6.45) is -4.19. The zero-order chi connectivity index (χ0) is 15.6. The first-order chi connectivity index (χ1) is 9.76. The highest BCUT2D eigenvalue weighted by Gasteiger charge is 2.32. The number of rotatable bonds is 3. The molecule has 7 heteroatoms. The van der Waals surface area contributed by atoms with E-state index in [1.165, 1.54) is 11.0 Å². The second kappa shape index (κ2) is 6.19. The topological polar surface area (TPSA) is 32.5 Å². The van der Waals surface area contributed by atoms with E-state index >= 15 is 0 Å². The minimum Gasteiger partial charge on any atom is -0.367 e. The third-order valence-electron chi connectivity index (χ3n) is 3.61. The van der Waals surface area contributed by atoms with Crippen LogP contribution < -0.4 is 10.6 Å². The van der Waals surface area contributed by atoms with Crippen LogP contribution in [0, 0.1) is 5.82 Å². The summed E-state index contributed by atoms with van der Waals surface area (Å²) < 4.78 is 51.0. The van der Waals surface area contributed by atoms with Crippen molar-refractivity contribution < 1.29 is 17.6 Å². The van der Waals surface area contributed by atoms with Crippen LogP contribution in [0.15, 0.2) is 18.2 Å². The van der Waals surface area contributed by atoms with Crippen LogP contribution in [0.2, 0.25) is 0 Å². The van der Waals surface area contributed by atoms with Crippen molar-refractivity contribution in [2.75, 3.05) is 37.6 Å². The van der Waals surface area contributed by atoms with Crippen molar-refractivity contribution in [3.8, 4) is 0 Å². The quantitative estimate of drug-likeness (QED) is 0.871. The van der Waals surface area contributed by atoms with Gasteiger partial charge in [-0.15, -0.1) is 0 Å². The van der Waals surface area contributed by atoms with E-state index in [0.717, 1.165) is 0 Å². The normalized spacial score (nSPS) is 18.9. The molecule has 0 aliphatic carbocycles. The molecular formula is C14H19F4N3. The highest BCUT2D eigenvalue weighted by atomic mass is 19.4. The van der Waals surface area contributed by atoms with Gasteiger partial charge < -0.3 is 10.6 Å². The summed E-state index contributed by atoms with van der Waals surface area (Å²) in [6.45, 7) is 2.16. The predicted molar refractivity (Wildman–Crippen MR) is 73.7 cm³/mol. The van der Waals surface area contributed by atoms with Gasteiger partial charge in [-0.3, -0.25) is 4.90 Å². The SMILES string of the molecule is C[C@@H](N)c1ccc(N2CCN(CC(F)(F)F)CC2)c(F)c1. The molecule has 3 nitrogen and oxygen atoms in total. The Labute approximate surface area is 121 Å². The summed E-state index contributed by atoms with van der Waals surface area (Å²) in [5.74, 6) is -0.380. The van der Waals surface area contributed by atoms with E-state index in [1.54, 1.807) is 24.0 Å². The fraction of sp³-hybridized carbons (Fsp3) is 0.571. The summed E-state index contributed by atoms with van der Waals surface area (Å²) in [5, 5.41) is 0. The molecule has 0 spiro atoms. The van der Waals surface area contributed by atoms with Crippen LogP contribution in [-0.2, 0) is 0 Å². The van der Waals surface area contributed by atoms with Gasteiger partial charge in [0.2, 0.25) is 0 Å². The van der Waals surface area contributed by atoms with Crippen LogP contribution in [0.25, 0.3) is 0 Å². The summed E-state index contributed by atoms with van der Waals surface area (Å²) in [4.78, 5) is 3.11. The number of anilines is 1.